The van der Waals surface area contributed by atoms with E-state index < -0.39 is 12.1 Å². The Bertz CT molecular complexity index is 570. The number of benzene rings is 1. The van der Waals surface area contributed by atoms with Gasteiger partial charge in [-0.05, 0) is 32.0 Å². The predicted octanol–water partition coefficient (Wildman–Crippen LogP) is 3.13. The second-order valence-corrected chi connectivity index (χ2v) is 4.33. The maximum atomic E-state index is 13.0. The van der Waals surface area contributed by atoms with Crippen LogP contribution in [0.15, 0.2) is 24.4 Å². The fourth-order valence-corrected chi connectivity index (χ4v) is 1.94. The molecule has 108 valence electrons. The van der Waals surface area contributed by atoms with Crippen molar-refractivity contribution in [3.05, 3.63) is 40.9 Å². The molecule has 20 heavy (non-hydrogen) atoms. The normalized spacial score (nSPS) is 11.2. The molecule has 0 unspecified atom stereocenters. The Morgan fingerprint density at radius 1 is 1.30 bits per heavy atom. The van der Waals surface area contributed by atoms with E-state index in [1.807, 2.05) is 13.8 Å². The van der Waals surface area contributed by atoms with Crippen molar-refractivity contribution in [2.24, 2.45) is 0 Å². The maximum Gasteiger partial charge on any atom is 0.204 e. The van der Waals surface area contributed by atoms with Gasteiger partial charge in [-0.3, -0.25) is 0 Å². The minimum Gasteiger partial charge on any atom is -0.347 e. The van der Waals surface area contributed by atoms with E-state index in [-0.39, 0.29) is 5.02 Å². The van der Waals surface area contributed by atoms with Crippen LogP contribution in [-0.2, 0) is 9.47 Å². The van der Waals surface area contributed by atoms with Crippen molar-refractivity contribution in [2.75, 3.05) is 13.2 Å². The Balaban J connectivity index is 2.27. The van der Waals surface area contributed by atoms with Crippen LogP contribution in [0.4, 0.5) is 4.39 Å². The van der Waals surface area contributed by atoms with Crippen molar-refractivity contribution < 1.29 is 13.9 Å². The fourth-order valence-electron chi connectivity index (χ4n) is 1.69. The largest absolute Gasteiger partial charge is 0.347 e. The summed E-state index contributed by atoms with van der Waals surface area (Å²) in [6.07, 6.45) is 1.08. The van der Waals surface area contributed by atoms with Crippen LogP contribution in [0, 0.1) is 5.82 Å². The van der Waals surface area contributed by atoms with Crippen molar-refractivity contribution in [3.8, 4) is 5.69 Å². The second kappa shape index (κ2) is 6.78. The summed E-state index contributed by atoms with van der Waals surface area (Å²) in [7, 11) is 0. The van der Waals surface area contributed by atoms with Crippen LogP contribution in [0.1, 0.15) is 25.8 Å². The zero-order chi connectivity index (χ0) is 14.5. The zero-order valence-corrected chi connectivity index (χ0v) is 12.0. The summed E-state index contributed by atoms with van der Waals surface area (Å²) in [6, 6.07) is 4.07. The first kappa shape index (κ1) is 14.9. The third kappa shape index (κ3) is 3.33. The quantitative estimate of drug-likeness (QED) is 0.769. The number of hydrogen-bond donors (Lipinski definition) is 0. The summed E-state index contributed by atoms with van der Waals surface area (Å²) in [5, 5.41) is 8.22. The number of nitrogens with zero attached hydrogens (tertiary/aromatic N) is 3. The molecule has 0 aliphatic rings. The van der Waals surface area contributed by atoms with E-state index in [1.54, 1.807) is 6.20 Å². The van der Waals surface area contributed by atoms with Crippen LogP contribution in [0.3, 0.4) is 0 Å². The van der Waals surface area contributed by atoms with Gasteiger partial charge in [-0.15, -0.1) is 5.10 Å². The molecule has 0 aliphatic carbocycles. The van der Waals surface area contributed by atoms with Gasteiger partial charge in [-0.1, -0.05) is 16.8 Å². The summed E-state index contributed by atoms with van der Waals surface area (Å²) in [6.45, 7) is 4.73. The van der Waals surface area contributed by atoms with Crippen molar-refractivity contribution in [2.45, 2.75) is 20.1 Å². The van der Waals surface area contributed by atoms with Gasteiger partial charge in [0, 0.05) is 13.2 Å². The van der Waals surface area contributed by atoms with Gasteiger partial charge in [0.2, 0.25) is 6.29 Å². The molecule has 2 rings (SSSR count). The molecule has 0 fully saturated rings. The number of ether oxygens (including phenoxy) is 2. The summed E-state index contributed by atoms with van der Waals surface area (Å²) < 4.78 is 25.4. The van der Waals surface area contributed by atoms with Crippen molar-refractivity contribution in [1.82, 2.24) is 15.0 Å². The highest BCUT2D eigenvalue weighted by Gasteiger charge is 2.17. The third-order valence-corrected chi connectivity index (χ3v) is 2.85. The zero-order valence-electron chi connectivity index (χ0n) is 11.2. The molecule has 7 heteroatoms. The first-order valence-electron chi connectivity index (χ1n) is 6.26. The van der Waals surface area contributed by atoms with Crippen molar-refractivity contribution in [1.29, 1.82) is 0 Å². The summed E-state index contributed by atoms with van der Waals surface area (Å²) in [5.74, 6) is -0.402. The van der Waals surface area contributed by atoms with Gasteiger partial charge in [0.25, 0.3) is 0 Å². The molecule has 0 N–H and O–H groups in total. The third-order valence-electron chi connectivity index (χ3n) is 2.55. The highest BCUT2D eigenvalue weighted by Crippen LogP contribution is 2.23. The molecule has 0 saturated heterocycles. The van der Waals surface area contributed by atoms with Crippen molar-refractivity contribution >= 4 is 11.6 Å². The van der Waals surface area contributed by atoms with E-state index >= 15 is 0 Å². The molecular weight excluding hydrogens is 285 g/mol. The topological polar surface area (TPSA) is 49.2 Å². The molecule has 0 radical (unpaired) electrons. The molecule has 2 aromatic rings. The average Bonchev–Trinajstić information content (AvgIpc) is 2.88. The van der Waals surface area contributed by atoms with Gasteiger partial charge in [-0.25, -0.2) is 9.07 Å². The van der Waals surface area contributed by atoms with Crippen LogP contribution in [0.2, 0.25) is 5.02 Å². The monoisotopic (exact) mass is 299 g/mol. The first-order valence-corrected chi connectivity index (χ1v) is 6.64. The average molecular weight is 300 g/mol. The van der Waals surface area contributed by atoms with Crippen LogP contribution >= 0.6 is 11.6 Å². The first-order chi connectivity index (χ1) is 9.65. The van der Waals surface area contributed by atoms with E-state index in [1.165, 1.54) is 22.9 Å². The molecule has 0 amide bonds. The Labute approximate surface area is 121 Å². The van der Waals surface area contributed by atoms with E-state index in [4.69, 9.17) is 21.1 Å². The SMILES string of the molecule is CCOC(OCC)c1cn(-c2ccc(F)cc2Cl)nn1. The van der Waals surface area contributed by atoms with Crippen molar-refractivity contribution in [3.63, 3.8) is 0 Å². The molecule has 1 aromatic heterocycles. The summed E-state index contributed by atoms with van der Waals surface area (Å²) in [4.78, 5) is 0. The van der Waals surface area contributed by atoms with Crippen LogP contribution in [0.5, 0.6) is 0 Å². The van der Waals surface area contributed by atoms with E-state index in [2.05, 4.69) is 10.3 Å². The molecule has 5 nitrogen and oxygen atoms in total. The lowest BCUT2D eigenvalue weighted by Gasteiger charge is -2.13. The standard InChI is InChI=1S/C13H15ClFN3O2/c1-3-19-13(20-4-2)11-8-18(17-16-11)12-6-5-9(15)7-10(12)14/h5-8,13H,3-4H2,1-2H3. The van der Waals surface area contributed by atoms with Gasteiger partial charge < -0.3 is 9.47 Å². The number of aromatic nitrogens is 3. The Morgan fingerprint density at radius 2 is 2.00 bits per heavy atom. The Hall–Kier alpha value is -1.50. The lowest BCUT2D eigenvalue weighted by atomic mass is 10.3. The van der Waals surface area contributed by atoms with Gasteiger partial charge in [0.15, 0.2) is 0 Å². The molecule has 1 heterocycles. The fraction of sp³-hybridized carbons (Fsp3) is 0.385. The van der Waals surface area contributed by atoms with Crippen LogP contribution < -0.4 is 0 Å². The molecule has 1 aromatic carbocycles. The molecule has 0 aliphatic heterocycles. The lowest BCUT2D eigenvalue weighted by molar-refractivity contribution is -0.142. The maximum absolute atomic E-state index is 13.0. The van der Waals surface area contributed by atoms with Crippen LogP contribution in [0.25, 0.3) is 5.69 Å². The van der Waals surface area contributed by atoms with E-state index in [0.29, 0.717) is 24.6 Å². The van der Waals surface area contributed by atoms with Crippen LogP contribution in [-0.4, -0.2) is 28.2 Å². The minimum atomic E-state index is -0.571. The highest BCUT2D eigenvalue weighted by atomic mass is 35.5. The lowest BCUT2D eigenvalue weighted by Crippen LogP contribution is -2.09. The molecule has 0 atom stereocenters. The number of rotatable bonds is 6. The summed E-state index contributed by atoms with van der Waals surface area (Å²) in [5.41, 5.74) is 1.08. The second-order valence-electron chi connectivity index (χ2n) is 3.93. The minimum absolute atomic E-state index is 0.255. The van der Waals surface area contributed by atoms with E-state index in [0.717, 1.165) is 0 Å². The van der Waals surface area contributed by atoms with Gasteiger partial charge in [0.05, 0.1) is 16.9 Å². The summed E-state index contributed by atoms with van der Waals surface area (Å²) >= 11 is 5.98. The molecule has 0 saturated carbocycles. The molecule has 0 bridgehead atoms. The number of hydrogen-bond acceptors (Lipinski definition) is 4. The Morgan fingerprint density at radius 3 is 2.60 bits per heavy atom. The predicted molar refractivity (Wildman–Crippen MR) is 72.3 cm³/mol. The smallest absolute Gasteiger partial charge is 0.204 e. The Kier molecular flexibility index (Phi) is 5.05. The van der Waals surface area contributed by atoms with E-state index in [9.17, 15) is 4.39 Å². The number of halogens is 2. The van der Waals surface area contributed by atoms with Gasteiger partial charge in [0.1, 0.15) is 11.5 Å². The van der Waals surface area contributed by atoms with Gasteiger partial charge >= 0.3 is 0 Å². The highest BCUT2D eigenvalue weighted by molar-refractivity contribution is 6.32. The molecular formula is C13H15ClFN3O2. The molecule has 0 spiro atoms. The van der Waals surface area contributed by atoms with Gasteiger partial charge in [-0.2, -0.15) is 0 Å².